The predicted octanol–water partition coefficient (Wildman–Crippen LogP) is 1.89. The van der Waals surface area contributed by atoms with Gasteiger partial charge in [0.2, 0.25) is 15.9 Å². The second-order valence-corrected chi connectivity index (χ2v) is 9.67. The molecule has 11 heteroatoms. The van der Waals surface area contributed by atoms with Crippen LogP contribution in [-0.4, -0.2) is 52.2 Å². The smallest absolute Gasteiger partial charge is 0.325 e. The number of carbonyl (C=O) groups excluding carboxylic acids is 1. The molecular weight excluding hydrogens is 414 g/mol. The molecule has 1 saturated heterocycles. The highest BCUT2D eigenvalue weighted by Crippen LogP contribution is 2.22. The van der Waals surface area contributed by atoms with Gasteiger partial charge < -0.3 is 5.32 Å². The fourth-order valence-corrected chi connectivity index (χ4v) is 5.42. The highest BCUT2D eigenvalue weighted by atomic mass is 32.2. The van der Waals surface area contributed by atoms with Crippen molar-refractivity contribution in [3.63, 3.8) is 0 Å². The summed E-state index contributed by atoms with van der Waals surface area (Å²) in [5.41, 5.74) is 0.224. The standard InChI is InChI=1S/C18H25N5O4S2/c1-2-10-23-17(25)20-21-18(23)28-13-16(24)19-14-6-8-15(9-7-14)29(26,27)22-11-4-3-5-12-22/h6-9H,2-5,10-13H2,1H3,(H,19,24)(H,20,25). The van der Waals surface area contributed by atoms with Gasteiger partial charge in [0.1, 0.15) is 0 Å². The number of H-pyrrole nitrogens is 1. The Labute approximate surface area is 173 Å². The third kappa shape index (κ3) is 5.28. The van der Waals surface area contributed by atoms with E-state index in [4.69, 9.17) is 0 Å². The summed E-state index contributed by atoms with van der Waals surface area (Å²) in [6, 6.07) is 6.19. The lowest BCUT2D eigenvalue weighted by Gasteiger charge is -2.25. The van der Waals surface area contributed by atoms with E-state index in [1.54, 1.807) is 12.1 Å². The Bertz CT molecular complexity index is 992. The zero-order valence-electron chi connectivity index (χ0n) is 16.3. The number of thioether (sulfide) groups is 1. The first kappa shape index (κ1) is 21.6. The Balaban J connectivity index is 1.58. The number of benzene rings is 1. The summed E-state index contributed by atoms with van der Waals surface area (Å²) in [5, 5.41) is 9.52. The molecule has 1 aromatic heterocycles. The lowest BCUT2D eigenvalue weighted by Crippen LogP contribution is -2.35. The van der Waals surface area contributed by atoms with Crippen LogP contribution in [0, 0.1) is 0 Å². The van der Waals surface area contributed by atoms with Crippen molar-refractivity contribution < 1.29 is 13.2 Å². The molecule has 2 N–H and O–H groups in total. The summed E-state index contributed by atoms with van der Waals surface area (Å²) < 4.78 is 28.3. The highest BCUT2D eigenvalue weighted by molar-refractivity contribution is 7.99. The van der Waals surface area contributed by atoms with E-state index in [2.05, 4.69) is 15.5 Å². The van der Waals surface area contributed by atoms with Gasteiger partial charge in [0, 0.05) is 25.3 Å². The van der Waals surface area contributed by atoms with E-state index < -0.39 is 10.0 Å². The Hall–Kier alpha value is -2.11. The third-order valence-electron chi connectivity index (χ3n) is 4.59. The van der Waals surface area contributed by atoms with Crippen molar-refractivity contribution in [2.75, 3.05) is 24.2 Å². The topological polar surface area (TPSA) is 117 Å². The lowest BCUT2D eigenvalue weighted by molar-refractivity contribution is -0.113. The van der Waals surface area contributed by atoms with Crippen molar-refractivity contribution in [1.82, 2.24) is 19.1 Å². The van der Waals surface area contributed by atoms with Gasteiger partial charge in [0.25, 0.3) is 0 Å². The zero-order valence-corrected chi connectivity index (χ0v) is 17.9. The summed E-state index contributed by atoms with van der Waals surface area (Å²) in [6.45, 7) is 3.59. The van der Waals surface area contributed by atoms with Crippen LogP contribution in [0.4, 0.5) is 5.69 Å². The zero-order chi connectivity index (χ0) is 20.9. The molecule has 0 atom stereocenters. The number of rotatable bonds is 8. The largest absolute Gasteiger partial charge is 0.343 e. The maximum Gasteiger partial charge on any atom is 0.343 e. The predicted molar refractivity (Wildman–Crippen MR) is 112 cm³/mol. The minimum absolute atomic E-state index is 0.0852. The summed E-state index contributed by atoms with van der Waals surface area (Å²) in [7, 11) is -3.49. The number of nitrogens with zero attached hydrogens (tertiary/aromatic N) is 3. The Morgan fingerprint density at radius 2 is 1.90 bits per heavy atom. The molecule has 2 aromatic rings. The average Bonchev–Trinajstić information content (AvgIpc) is 3.07. The number of aromatic amines is 1. The molecule has 1 aliphatic rings. The molecule has 9 nitrogen and oxygen atoms in total. The fraction of sp³-hybridized carbons (Fsp3) is 0.500. The molecule has 0 aliphatic carbocycles. The molecule has 0 radical (unpaired) electrons. The molecule has 0 unspecified atom stereocenters. The number of sulfonamides is 1. The number of nitrogens with one attached hydrogen (secondary N) is 2. The van der Waals surface area contributed by atoms with E-state index >= 15 is 0 Å². The van der Waals surface area contributed by atoms with Gasteiger partial charge in [-0.15, -0.1) is 5.10 Å². The van der Waals surface area contributed by atoms with Crippen LogP contribution in [0.2, 0.25) is 0 Å². The van der Waals surface area contributed by atoms with Crippen LogP contribution >= 0.6 is 11.8 Å². The van der Waals surface area contributed by atoms with E-state index in [1.165, 1.54) is 32.8 Å². The van der Waals surface area contributed by atoms with Crippen molar-refractivity contribution in [2.45, 2.75) is 49.2 Å². The fourth-order valence-electron chi connectivity index (χ4n) is 3.13. The number of piperidine rings is 1. The normalized spacial score (nSPS) is 15.3. The molecule has 0 saturated carbocycles. The Morgan fingerprint density at radius 1 is 1.21 bits per heavy atom. The van der Waals surface area contributed by atoms with Crippen LogP contribution in [0.15, 0.2) is 39.1 Å². The maximum atomic E-state index is 12.7. The minimum Gasteiger partial charge on any atom is -0.325 e. The van der Waals surface area contributed by atoms with Crippen molar-refractivity contribution in [3.8, 4) is 0 Å². The molecule has 2 heterocycles. The van der Waals surface area contributed by atoms with Crippen molar-refractivity contribution in [1.29, 1.82) is 0 Å². The van der Waals surface area contributed by atoms with Crippen LogP contribution in [0.3, 0.4) is 0 Å². The number of anilines is 1. The monoisotopic (exact) mass is 439 g/mol. The highest BCUT2D eigenvalue weighted by Gasteiger charge is 2.25. The van der Waals surface area contributed by atoms with Crippen LogP contribution < -0.4 is 11.0 Å². The van der Waals surface area contributed by atoms with Gasteiger partial charge in [-0.2, -0.15) is 4.31 Å². The molecular formula is C18H25N5O4S2. The molecule has 1 aromatic carbocycles. The quantitative estimate of drug-likeness (QED) is 0.607. The molecule has 0 bridgehead atoms. The van der Waals surface area contributed by atoms with E-state index in [9.17, 15) is 18.0 Å². The second kappa shape index (κ2) is 9.59. The van der Waals surface area contributed by atoms with Gasteiger partial charge >= 0.3 is 5.69 Å². The molecule has 1 amide bonds. The summed E-state index contributed by atoms with van der Waals surface area (Å²) >= 11 is 1.17. The van der Waals surface area contributed by atoms with Crippen molar-refractivity contribution >= 4 is 33.4 Å². The first-order valence-corrected chi connectivity index (χ1v) is 12.0. The van der Waals surface area contributed by atoms with E-state index in [1.807, 2.05) is 6.92 Å². The number of aromatic nitrogens is 3. The average molecular weight is 440 g/mol. The Morgan fingerprint density at radius 3 is 2.55 bits per heavy atom. The van der Waals surface area contributed by atoms with E-state index in [0.717, 1.165) is 25.7 Å². The molecule has 29 heavy (non-hydrogen) atoms. The summed E-state index contributed by atoms with van der Waals surface area (Å²) in [4.78, 5) is 24.1. The van der Waals surface area contributed by atoms with Gasteiger partial charge in [0.15, 0.2) is 5.16 Å². The summed E-state index contributed by atoms with van der Waals surface area (Å²) in [5.74, 6) is -0.179. The molecule has 158 valence electrons. The van der Waals surface area contributed by atoms with E-state index in [0.29, 0.717) is 30.5 Å². The first-order valence-electron chi connectivity index (χ1n) is 9.60. The number of carbonyl (C=O) groups is 1. The van der Waals surface area contributed by atoms with Gasteiger partial charge in [-0.3, -0.25) is 9.36 Å². The van der Waals surface area contributed by atoms with Gasteiger partial charge in [-0.05, 0) is 43.5 Å². The second-order valence-electron chi connectivity index (χ2n) is 6.79. The number of hydrogen-bond acceptors (Lipinski definition) is 6. The molecule has 3 rings (SSSR count). The number of hydrogen-bond donors (Lipinski definition) is 2. The third-order valence-corrected chi connectivity index (χ3v) is 7.48. The summed E-state index contributed by atoms with van der Waals surface area (Å²) in [6.07, 6.45) is 3.61. The minimum atomic E-state index is -3.49. The van der Waals surface area contributed by atoms with Crippen LogP contribution in [-0.2, 0) is 21.4 Å². The lowest BCUT2D eigenvalue weighted by atomic mass is 10.2. The molecule has 0 spiro atoms. The van der Waals surface area contributed by atoms with Gasteiger partial charge in [0.05, 0.1) is 10.6 Å². The van der Waals surface area contributed by atoms with Crippen molar-refractivity contribution in [3.05, 3.63) is 34.7 Å². The van der Waals surface area contributed by atoms with Crippen LogP contribution in [0.1, 0.15) is 32.6 Å². The van der Waals surface area contributed by atoms with Crippen LogP contribution in [0.25, 0.3) is 0 Å². The van der Waals surface area contributed by atoms with Crippen LogP contribution in [0.5, 0.6) is 0 Å². The van der Waals surface area contributed by atoms with E-state index in [-0.39, 0.29) is 22.2 Å². The maximum absolute atomic E-state index is 12.7. The van der Waals surface area contributed by atoms with Gasteiger partial charge in [-0.25, -0.2) is 18.3 Å². The Kier molecular flexibility index (Phi) is 7.14. The van der Waals surface area contributed by atoms with Crippen molar-refractivity contribution in [2.24, 2.45) is 0 Å². The number of amides is 1. The SMILES string of the molecule is CCCn1c(SCC(=O)Nc2ccc(S(=O)(=O)N3CCCCC3)cc2)n[nH]c1=O. The molecule has 1 aliphatic heterocycles. The first-order chi connectivity index (χ1) is 13.9. The molecule has 1 fully saturated rings. The van der Waals surface area contributed by atoms with Gasteiger partial charge in [-0.1, -0.05) is 25.1 Å².